The molecule has 0 aliphatic rings. The van der Waals surface area contributed by atoms with Crippen molar-refractivity contribution in [1.29, 1.82) is 0 Å². The van der Waals surface area contributed by atoms with Gasteiger partial charge in [-0.3, -0.25) is 13.9 Å². The van der Waals surface area contributed by atoms with Crippen molar-refractivity contribution in [3.63, 3.8) is 0 Å². The summed E-state index contributed by atoms with van der Waals surface area (Å²) in [5.41, 5.74) is 1.36. The Balaban J connectivity index is 1.94. The molecular weight excluding hydrogens is 514 g/mol. The topological polar surface area (TPSA) is 96.0 Å². The summed E-state index contributed by atoms with van der Waals surface area (Å²) in [7, 11) is -2.61. The van der Waals surface area contributed by atoms with Crippen molar-refractivity contribution in [2.24, 2.45) is 0 Å². The van der Waals surface area contributed by atoms with Crippen LogP contribution < -0.4 is 14.4 Å². The van der Waals surface area contributed by atoms with Crippen molar-refractivity contribution in [3.05, 3.63) is 90.5 Å². The normalized spacial score (nSPS) is 12.7. The molecule has 8 nitrogen and oxygen atoms in total. The molecule has 0 bridgehead atoms. The number of sulfonamides is 1. The van der Waals surface area contributed by atoms with Crippen molar-refractivity contribution in [2.75, 3.05) is 24.5 Å². The van der Waals surface area contributed by atoms with Crippen molar-refractivity contribution in [3.8, 4) is 5.75 Å². The number of carbonyl (C=O) groups is 2. The highest BCUT2D eigenvalue weighted by Crippen LogP contribution is 2.25. The molecule has 3 aromatic carbocycles. The van der Waals surface area contributed by atoms with E-state index in [1.165, 1.54) is 24.1 Å². The van der Waals surface area contributed by atoms with Gasteiger partial charge in [-0.05, 0) is 68.7 Å². The van der Waals surface area contributed by atoms with Crippen LogP contribution in [0.2, 0.25) is 0 Å². The number of ether oxygens (including phenoxy) is 1. The predicted octanol–water partition coefficient (Wildman–Crippen LogP) is 4.27. The van der Waals surface area contributed by atoms with E-state index in [4.69, 9.17) is 4.74 Å². The Morgan fingerprint density at radius 1 is 0.897 bits per heavy atom. The van der Waals surface area contributed by atoms with Gasteiger partial charge in [-0.1, -0.05) is 55.5 Å². The Kier molecular flexibility index (Phi) is 10.5. The fourth-order valence-corrected chi connectivity index (χ4v) is 5.45. The van der Waals surface area contributed by atoms with E-state index in [1.54, 1.807) is 49.4 Å². The molecule has 1 N–H and O–H groups in total. The van der Waals surface area contributed by atoms with Gasteiger partial charge in [0.05, 0.1) is 17.7 Å². The molecule has 0 radical (unpaired) electrons. The fourth-order valence-electron chi connectivity index (χ4n) is 4.03. The van der Waals surface area contributed by atoms with Gasteiger partial charge in [0.15, 0.2) is 0 Å². The quantitative estimate of drug-likeness (QED) is 0.342. The lowest BCUT2D eigenvalue weighted by Gasteiger charge is -2.32. The van der Waals surface area contributed by atoms with Crippen LogP contribution in [-0.2, 0) is 26.0 Å². The molecule has 0 aliphatic carbocycles. The second kappa shape index (κ2) is 13.8. The number of carbonyl (C=O) groups excluding carboxylic acids is 2. The van der Waals surface area contributed by atoms with Crippen LogP contribution in [0.5, 0.6) is 5.75 Å². The second-order valence-electron chi connectivity index (χ2n) is 9.34. The fraction of sp³-hybridized carbons (Fsp3) is 0.333. The first-order valence-corrected chi connectivity index (χ1v) is 14.5. The van der Waals surface area contributed by atoms with Gasteiger partial charge < -0.3 is 15.0 Å². The molecule has 0 heterocycles. The summed E-state index contributed by atoms with van der Waals surface area (Å²) >= 11 is 0. The highest BCUT2D eigenvalue weighted by molar-refractivity contribution is 7.92. The van der Waals surface area contributed by atoms with E-state index < -0.39 is 28.5 Å². The zero-order chi connectivity index (χ0) is 28.4. The van der Waals surface area contributed by atoms with Gasteiger partial charge in [-0.2, -0.15) is 0 Å². The maximum atomic E-state index is 13.8. The third-order valence-corrected chi connectivity index (χ3v) is 8.41. The maximum Gasteiger partial charge on any atom is 0.264 e. The molecule has 39 heavy (non-hydrogen) atoms. The predicted molar refractivity (Wildman–Crippen MR) is 153 cm³/mol. The SMILES string of the molecule is CC[C@H](C)NC(=O)[C@@H](C)N(CCc1ccccc1)C(=O)CN(c1ccccc1)S(=O)(=O)c1ccc(OC)cc1. The minimum atomic E-state index is -4.11. The minimum Gasteiger partial charge on any atom is -0.497 e. The molecule has 0 aliphatic heterocycles. The monoisotopic (exact) mass is 551 g/mol. The van der Waals surface area contributed by atoms with E-state index in [1.807, 2.05) is 44.2 Å². The number of nitrogens with one attached hydrogen (secondary N) is 1. The third kappa shape index (κ3) is 7.83. The van der Waals surface area contributed by atoms with E-state index in [2.05, 4.69) is 5.32 Å². The maximum absolute atomic E-state index is 13.8. The summed E-state index contributed by atoms with van der Waals surface area (Å²) in [4.78, 5) is 28.4. The van der Waals surface area contributed by atoms with Crippen molar-refractivity contribution in [2.45, 2.75) is 50.6 Å². The van der Waals surface area contributed by atoms with Gasteiger partial charge in [-0.25, -0.2) is 8.42 Å². The van der Waals surface area contributed by atoms with Crippen LogP contribution >= 0.6 is 0 Å². The molecule has 3 aromatic rings. The molecule has 0 aromatic heterocycles. The molecule has 0 saturated carbocycles. The summed E-state index contributed by atoms with van der Waals surface area (Å²) in [6, 6.07) is 23.3. The van der Waals surface area contributed by atoms with Crippen LogP contribution in [0.25, 0.3) is 0 Å². The van der Waals surface area contributed by atoms with E-state index >= 15 is 0 Å². The molecule has 0 unspecified atom stereocenters. The molecule has 2 amide bonds. The first kappa shape index (κ1) is 29.7. The van der Waals surface area contributed by atoms with Gasteiger partial charge in [0.25, 0.3) is 10.0 Å². The van der Waals surface area contributed by atoms with E-state index in [0.717, 1.165) is 16.3 Å². The lowest BCUT2D eigenvalue weighted by atomic mass is 10.1. The van der Waals surface area contributed by atoms with Crippen molar-refractivity contribution < 1.29 is 22.7 Å². The average molecular weight is 552 g/mol. The summed E-state index contributed by atoms with van der Waals surface area (Å²) in [5.74, 6) is -0.238. The molecular formula is C30H37N3O5S. The third-order valence-electron chi connectivity index (χ3n) is 6.62. The molecule has 9 heteroatoms. The number of anilines is 1. The van der Waals surface area contributed by atoms with Crippen LogP contribution in [-0.4, -0.2) is 57.4 Å². The largest absolute Gasteiger partial charge is 0.497 e. The summed E-state index contributed by atoms with van der Waals surface area (Å²) in [6.07, 6.45) is 1.27. The minimum absolute atomic E-state index is 0.0263. The second-order valence-corrected chi connectivity index (χ2v) is 11.2. The van der Waals surface area contributed by atoms with Crippen LogP contribution in [0, 0.1) is 0 Å². The smallest absolute Gasteiger partial charge is 0.264 e. The molecule has 0 saturated heterocycles. The van der Waals surface area contributed by atoms with Crippen LogP contribution in [0.1, 0.15) is 32.8 Å². The van der Waals surface area contributed by atoms with Gasteiger partial charge in [0.1, 0.15) is 18.3 Å². The van der Waals surface area contributed by atoms with Gasteiger partial charge >= 0.3 is 0 Å². The Bertz CT molecular complexity index is 1320. The number of amides is 2. The number of hydrogen-bond donors (Lipinski definition) is 1. The first-order chi connectivity index (χ1) is 18.7. The lowest BCUT2D eigenvalue weighted by molar-refractivity contribution is -0.139. The molecule has 208 valence electrons. The molecule has 0 fully saturated rings. The lowest BCUT2D eigenvalue weighted by Crippen LogP contribution is -2.53. The molecule has 0 spiro atoms. The van der Waals surface area contributed by atoms with E-state index in [9.17, 15) is 18.0 Å². The standard InChI is InChI=1S/C30H37N3O5S/c1-5-23(2)31-30(35)24(3)32(21-20-25-12-8-6-9-13-25)29(34)22-33(26-14-10-7-11-15-26)39(36,37)28-18-16-27(38-4)17-19-28/h6-19,23-24H,5,20-22H2,1-4H3,(H,31,35)/t23-,24+/m0/s1. The Morgan fingerprint density at radius 2 is 1.49 bits per heavy atom. The number of nitrogens with zero attached hydrogens (tertiary/aromatic N) is 2. The average Bonchev–Trinajstić information content (AvgIpc) is 2.96. The van der Waals surface area contributed by atoms with Crippen LogP contribution in [0.4, 0.5) is 5.69 Å². The molecule has 3 rings (SSSR count). The summed E-state index contributed by atoms with van der Waals surface area (Å²) in [5, 5.41) is 2.94. The van der Waals surface area contributed by atoms with Gasteiger partial charge in [0, 0.05) is 12.6 Å². The first-order valence-electron chi connectivity index (χ1n) is 13.0. The van der Waals surface area contributed by atoms with Gasteiger partial charge in [0.2, 0.25) is 11.8 Å². The van der Waals surface area contributed by atoms with Crippen LogP contribution in [0.3, 0.4) is 0 Å². The zero-order valence-corrected chi connectivity index (χ0v) is 23.7. The van der Waals surface area contributed by atoms with E-state index in [-0.39, 0.29) is 23.4 Å². The highest BCUT2D eigenvalue weighted by Gasteiger charge is 2.32. The zero-order valence-electron chi connectivity index (χ0n) is 22.9. The summed E-state index contributed by atoms with van der Waals surface area (Å²) in [6.45, 7) is 5.33. The molecule has 2 atom stereocenters. The number of rotatable bonds is 13. The van der Waals surface area contributed by atoms with Gasteiger partial charge in [-0.15, -0.1) is 0 Å². The van der Waals surface area contributed by atoms with E-state index in [0.29, 0.717) is 17.9 Å². The summed E-state index contributed by atoms with van der Waals surface area (Å²) < 4.78 is 33.8. The highest BCUT2D eigenvalue weighted by atomic mass is 32.2. The number of para-hydroxylation sites is 1. The van der Waals surface area contributed by atoms with Crippen molar-refractivity contribution in [1.82, 2.24) is 10.2 Å². The van der Waals surface area contributed by atoms with Crippen molar-refractivity contribution >= 4 is 27.5 Å². The van der Waals surface area contributed by atoms with Crippen LogP contribution in [0.15, 0.2) is 89.8 Å². The number of hydrogen-bond acceptors (Lipinski definition) is 5. The Morgan fingerprint density at radius 3 is 2.05 bits per heavy atom. The Hall–Kier alpha value is -3.85. The number of methoxy groups -OCH3 is 1. The Labute approximate surface area is 231 Å². The number of benzene rings is 3.